The lowest BCUT2D eigenvalue weighted by molar-refractivity contribution is -0.141. The first kappa shape index (κ1) is 10.8. The summed E-state index contributed by atoms with van der Waals surface area (Å²) in [4.78, 5) is 23.5. The molecule has 1 atom stereocenters. The summed E-state index contributed by atoms with van der Waals surface area (Å²) in [5, 5.41) is 8.64. The van der Waals surface area contributed by atoms with Crippen LogP contribution < -0.4 is 0 Å². The SMILES string of the molecule is CCCCC(CN=C=O)C(=O)O. The van der Waals surface area contributed by atoms with Gasteiger partial charge in [0.1, 0.15) is 0 Å². The Morgan fingerprint density at radius 3 is 2.75 bits per heavy atom. The number of carbonyl (C=O) groups is 1. The van der Waals surface area contributed by atoms with Gasteiger partial charge in [-0.05, 0) is 6.42 Å². The van der Waals surface area contributed by atoms with Crippen molar-refractivity contribution in [3.63, 3.8) is 0 Å². The fourth-order valence-electron chi connectivity index (χ4n) is 0.891. The van der Waals surface area contributed by atoms with Crippen molar-refractivity contribution in [3.05, 3.63) is 0 Å². The van der Waals surface area contributed by atoms with Gasteiger partial charge in [-0.3, -0.25) is 4.79 Å². The van der Waals surface area contributed by atoms with Crippen molar-refractivity contribution in [3.8, 4) is 0 Å². The lowest BCUT2D eigenvalue weighted by Crippen LogP contribution is -2.16. The van der Waals surface area contributed by atoms with Crippen LogP contribution in [0.5, 0.6) is 0 Å². The highest BCUT2D eigenvalue weighted by Crippen LogP contribution is 2.08. The topological polar surface area (TPSA) is 66.7 Å². The number of carboxylic acids is 1. The van der Waals surface area contributed by atoms with Crippen molar-refractivity contribution < 1.29 is 14.7 Å². The van der Waals surface area contributed by atoms with Crippen molar-refractivity contribution in [1.82, 2.24) is 0 Å². The second-order valence-electron chi connectivity index (χ2n) is 2.61. The average molecular weight is 171 g/mol. The number of unbranched alkanes of at least 4 members (excludes halogenated alkanes) is 1. The summed E-state index contributed by atoms with van der Waals surface area (Å²) in [6, 6.07) is 0. The molecule has 0 heterocycles. The summed E-state index contributed by atoms with van der Waals surface area (Å²) in [5.74, 6) is -1.41. The number of isocyanates is 1. The van der Waals surface area contributed by atoms with Gasteiger partial charge in [0.25, 0.3) is 0 Å². The van der Waals surface area contributed by atoms with E-state index in [4.69, 9.17) is 5.11 Å². The predicted octanol–water partition coefficient (Wildman–Crippen LogP) is 1.21. The zero-order valence-corrected chi connectivity index (χ0v) is 7.12. The first-order chi connectivity index (χ1) is 5.72. The second kappa shape index (κ2) is 6.55. The van der Waals surface area contributed by atoms with Gasteiger partial charge >= 0.3 is 5.97 Å². The van der Waals surface area contributed by atoms with E-state index in [0.29, 0.717) is 6.42 Å². The molecule has 1 unspecified atom stereocenters. The number of hydrogen-bond acceptors (Lipinski definition) is 3. The molecule has 0 radical (unpaired) electrons. The fourth-order valence-corrected chi connectivity index (χ4v) is 0.891. The van der Waals surface area contributed by atoms with E-state index in [9.17, 15) is 9.59 Å². The van der Waals surface area contributed by atoms with Crippen LogP contribution in [0.2, 0.25) is 0 Å². The van der Waals surface area contributed by atoms with E-state index in [1.54, 1.807) is 0 Å². The van der Waals surface area contributed by atoms with Crippen molar-refractivity contribution >= 4 is 12.0 Å². The summed E-state index contributed by atoms with van der Waals surface area (Å²) in [7, 11) is 0. The second-order valence-corrected chi connectivity index (χ2v) is 2.61. The van der Waals surface area contributed by atoms with Gasteiger partial charge in [-0.1, -0.05) is 19.8 Å². The van der Waals surface area contributed by atoms with Gasteiger partial charge in [0, 0.05) is 0 Å². The maximum absolute atomic E-state index is 10.5. The predicted molar refractivity (Wildman–Crippen MR) is 43.6 cm³/mol. The zero-order chi connectivity index (χ0) is 9.40. The third-order valence-corrected chi connectivity index (χ3v) is 1.63. The molecule has 0 amide bonds. The highest BCUT2D eigenvalue weighted by molar-refractivity contribution is 5.70. The molecule has 4 nitrogen and oxygen atoms in total. The molecule has 0 saturated carbocycles. The van der Waals surface area contributed by atoms with Gasteiger partial charge < -0.3 is 5.11 Å². The van der Waals surface area contributed by atoms with Crippen LogP contribution >= 0.6 is 0 Å². The fraction of sp³-hybridized carbons (Fsp3) is 0.750. The van der Waals surface area contributed by atoms with Crippen LogP contribution in [0.1, 0.15) is 26.2 Å². The smallest absolute Gasteiger partial charge is 0.308 e. The molecule has 0 aliphatic rings. The van der Waals surface area contributed by atoms with Crippen molar-refractivity contribution in [2.75, 3.05) is 6.54 Å². The Labute approximate surface area is 71.3 Å². The molecule has 12 heavy (non-hydrogen) atoms. The first-order valence-corrected chi connectivity index (χ1v) is 3.98. The van der Waals surface area contributed by atoms with E-state index in [1.165, 1.54) is 6.08 Å². The molecule has 0 rings (SSSR count). The molecular formula is C8H13NO3. The molecule has 0 aromatic heterocycles. The minimum absolute atomic E-state index is 0.0544. The lowest BCUT2D eigenvalue weighted by atomic mass is 10.0. The van der Waals surface area contributed by atoms with Crippen LogP contribution in [0.3, 0.4) is 0 Å². The number of rotatable bonds is 6. The van der Waals surface area contributed by atoms with Crippen LogP contribution in [0.4, 0.5) is 0 Å². The van der Waals surface area contributed by atoms with Crippen LogP contribution in [0.25, 0.3) is 0 Å². The van der Waals surface area contributed by atoms with Crippen molar-refractivity contribution in [2.45, 2.75) is 26.2 Å². The Balaban J connectivity index is 3.86. The minimum atomic E-state index is -0.887. The van der Waals surface area contributed by atoms with Gasteiger partial charge in [-0.25, -0.2) is 9.79 Å². The number of carboxylic acid groups (broad SMARTS) is 1. The zero-order valence-electron chi connectivity index (χ0n) is 7.12. The Bertz CT molecular complexity index is 185. The van der Waals surface area contributed by atoms with E-state index >= 15 is 0 Å². The molecule has 0 aliphatic carbocycles. The van der Waals surface area contributed by atoms with E-state index in [-0.39, 0.29) is 6.54 Å². The largest absolute Gasteiger partial charge is 0.481 e. The summed E-state index contributed by atoms with van der Waals surface area (Å²) in [6.07, 6.45) is 3.73. The van der Waals surface area contributed by atoms with E-state index in [2.05, 4.69) is 4.99 Å². The third kappa shape index (κ3) is 4.63. The Kier molecular flexibility index (Phi) is 5.93. The van der Waals surface area contributed by atoms with Crippen molar-refractivity contribution in [2.24, 2.45) is 10.9 Å². The molecule has 4 heteroatoms. The highest BCUT2D eigenvalue weighted by atomic mass is 16.4. The standard InChI is InChI=1S/C8H13NO3/c1-2-3-4-7(8(11)12)5-9-6-10/h7H,2-5H2,1H3,(H,11,12). The molecule has 0 fully saturated rings. The minimum Gasteiger partial charge on any atom is -0.481 e. The quantitative estimate of drug-likeness (QED) is 0.482. The van der Waals surface area contributed by atoms with Crippen LogP contribution in [-0.4, -0.2) is 23.7 Å². The number of hydrogen-bond donors (Lipinski definition) is 1. The van der Waals surface area contributed by atoms with Crippen LogP contribution in [0, 0.1) is 5.92 Å². The molecule has 0 aliphatic heterocycles. The highest BCUT2D eigenvalue weighted by Gasteiger charge is 2.15. The maximum atomic E-state index is 10.5. The van der Waals surface area contributed by atoms with Crippen LogP contribution in [-0.2, 0) is 9.59 Å². The molecule has 1 N–H and O–H groups in total. The van der Waals surface area contributed by atoms with Gasteiger partial charge in [0.05, 0.1) is 12.5 Å². The molecule has 0 aromatic carbocycles. The van der Waals surface area contributed by atoms with E-state index < -0.39 is 11.9 Å². The van der Waals surface area contributed by atoms with Gasteiger partial charge in [-0.2, -0.15) is 0 Å². The van der Waals surface area contributed by atoms with Gasteiger partial charge in [0.2, 0.25) is 6.08 Å². The number of aliphatic imine (C=N–C) groups is 1. The molecular weight excluding hydrogens is 158 g/mol. The summed E-state index contributed by atoms with van der Waals surface area (Å²) < 4.78 is 0. The summed E-state index contributed by atoms with van der Waals surface area (Å²) in [5.41, 5.74) is 0. The summed E-state index contributed by atoms with van der Waals surface area (Å²) >= 11 is 0. The van der Waals surface area contributed by atoms with Crippen LogP contribution in [0.15, 0.2) is 4.99 Å². The Morgan fingerprint density at radius 1 is 1.67 bits per heavy atom. The monoisotopic (exact) mass is 171 g/mol. The molecule has 0 aromatic rings. The molecule has 0 bridgehead atoms. The normalized spacial score (nSPS) is 11.8. The molecule has 0 saturated heterocycles. The average Bonchev–Trinajstić information content (AvgIpc) is 2.04. The first-order valence-electron chi connectivity index (χ1n) is 3.98. The third-order valence-electron chi connectivity index (χ3n) is 1.63. The van der Waals surface area contributed by atoms with Crippen molar-refractivity contribution in [1.29, 1.82) is 0 Å². The Morgan fingerprint density at radius 2 is 2.33 bits per heavy atom. The van der Waals surface area contributed by atoms with E-state index in [0.717, 1.165) is 12.8 Å². The molecule has 68 valence electrons. The van der Waals surface area contributed by atoms with E-state index in [1.807, 2.05) is 6.92 Å². The maximum Gasteiger partial charge on any atom is 0.308 e. The number of nitrogens with zero attached hydrogens (tertiary/aromatic N) is 1. The summed E-state index contributed by atoms with van der Waals surface area (Å²) in [6.45, 7) is 2.04. The van der Waals surface area contributed by atoms with Gasteiger partial charge in [0.15, 0.2) is 0 Å². The number of carbonyl (C=O) groups excluding carboxylic acids is 1. The number of aliphatic carboxylic acids is 1. The molecule has 0 spiro atoms. The van der Waals surface area contributed by atoms with Gasteiger partial charge in [-0.15, -0.1) is 0 Å². The Hall–Kier alpha value is -1.15. The lowest BCUT2D eigenvalue weighted by Gasteiger charge is -2.06.